The van der Waals surface area contributed by atoms with Gasteiger partial charge >= 0.3 is 5.63 Å². The third-order valence-corrected chi connectivity index (χ3v) is 3.42. The number of aromatic nitrogens is 1. The molecule has 0 unspecified atom stereocenters. The van der Waals surface area contributed by atoms with Crippen LogP contribution in [0.3, 0.4) is 0 Å². The Balaban J connectivity index is 1.95. The van der Waals surface area contributed by atoms with Gasteiger partial charge in [0.25, 0.3) is 6.01 Å². The second-order valence-electron chi connectivity index (χ2n) is 5.10. The fourth-order valence-electron chi connectivity index (χ4n) is 2.26. The predicted molar refractivity (Wildman–Crippen MR) is 83.5 cm³/mol. The Morgan fingerprint density at radius 3 is 2.67 bits per heavy atom. The quantitative estimate of drug-likeness (QED) is 0.795. The molecule has 0 amide bonds. The summed E-state index contributed by atoms with van der Waals surface area (Å²) in [5, 5.41) is 3.64. The summed E-state index contributed by atoms with van der Waals surface area (Å²) in [5.41, 5.74) is 2.38. The Morgan fingerprint density at radius 2 is 1.90 bits per heavy atom. The third-order valence-electron chi connectivity index (χ3n) is 3.42. The molecule has 1 aromatic heterocycles. The average Bonchev–Trinajstić information content (AvgIpc) is 2.49. The maximum atomic E-state index is 12.0. The van der Waals surface area contributed by atoms with Crippen LogP contribution >= 0.6 is 0 Å². The SMILES string of the molecule is Cc1ccc2nc(N[C@@H](C)c3ccccc3)oc(=O)c2c1. The van der Waals surface area contributed by atoms with Crippen LogP contribution in [-0.4, -0.2) is 4.98 Å². The highest BCUT2D eigenvalue weighted by Gasteiger charge is 2.10. The van der Waals surface area contributed by atoms with Gasteiger partial charge in [-0.05, 0) is 31.5 Å². The van der Waals surface area contributed by atoms with Crippen molar-refractivity contribution in [3.05, 3.63) is 70.1 Å². The number of aryl methyl sites for hydroxylation is 1. The van der Waals surface area contributed by atoms with E-state index in [1.807, 2.05) is 56.3 Å². The van der Waals surface area contributed by atoms with E-state index >= 15 is 0 Å². The Labute approximate surface area is 122 Å². The zero-order valence-corrected chi connectivity index (χ0v) is 12.0. The van der Waals surface area contributed by atoms with Crippen molar-refractivity contribution in [2.24, 2.45) is 0 Å². The van der Waals surface area contributed by atoms with Crippen molar-refractivity contribution in [2.75, 3.05) is 5.32 Å². The van der Waals surface area contributed by atoms with Gasteiger partial charge in [-0.15, -0.1) is 0 Å². The molecule has 0 fully saturated rings. The molecular weight excluding hydrogens is 264 g/mol. The summed E-state index contributed by atoms with van der Waals surface area (Å²) in [6, 6.07) is 15.7. The molecule has 3 rings (SSSR count). The second kappa shape index (κ2) is 5.40. The molecule has 4 heteroatoms. The number of benzene rings is 2. The van der Waals surface area contributed by atoms with Crippen LogP contribution in [0.2, 0.25) is 0 Å². The second-order valence-corrected chi connectivity index (χ2v) is 5.10. The highest BCUT2D eigenvalue weighted by atomic mass is 16.4. The molecule has 1 atom stereocenters. The summed E-state index contributed by atoms with van der Waals surface area (Å²) in [6.07, 6.45) is 0. The number of nitrogens with zero attached hydrogens (tertiary/aromatic N) is 1. The average molecular weight is 280 g/mol. The van der Waals surface area contributed by atoms with E-state index in [1.165, 1.54) is 0 Å². The highest BCUT2D eigenvalue weighted by molar-refractivity contribution is 5.78. The van der Waals surface area contributed by atoms with Crippen molar-refractivity contribution >= 4 is 16.9 Å². The Morgan fingerprint density at radius 1 is 1.14 bits per heavy atom. The largest absolute Gasteiger partial charge is 0.389 e. The fourth-order valence-corrected chi connectivity index (χ4v) is 2.26. The van der Waals surface area contributed by atoms with Crippen molar-refractivity contribution in [1.29, 1.82) is 0 Å². The zero-order valence-electron chi connectivity index (χ0n) is 12.0. The molecule has 0 radical (unpaired) electrons. The van der Waals surface area contributed by atoms with Crippen LogP contribution in [0.25, 0.3) is 10.9 Å². The van der Waals surface area contributed by atoms with Gasteiger partial charge in [-0.3, -0.25) is 0 Å². The molecule has 0 saturated heterocycles. The minimum absolute atomic E-state index is 0.00440. The molecule has 106 valence electrons. The topological polar surface area (TPSA) is 55.1 Å². The van der Waals surface area contributed by atoms with Gasteiger partial charge in [-0.1, -0.05) is 42.0 Å². The monoisotopic (exact) mass is 280 g/mol. The van der Waals surface area contributed by atoms with Gasteiger partial charge < -0.3 is 9.73 Å². The van der Waals surface area contributed by atoms with Crippen LogP contribution in [0.5, 0.6) is 0 Å². The maximum absolute atomic E-state index is 12.0. The lowest BCUT2D eigenvalue weighted by Gasteiger charge is -2.13. The first-order valence-corrected chi connectivity index (χ1v) is 6.86. The Hall–Kier alpha value is -2.62. The predicted octanol–water partition coefficient (Wildman–Crippen LogP) is 3.67. The van der Waals surface area contributed by atoms with Crippen LogP contribution in [0, 0.1) is 6.92 Å². The first-order valence-electron chi connectivity index (χ1n) is 6.86. The van der Waals surface area contributed by atoms with Crippen molar-refractivity contribution in [1.82, 2.24) is 4.98 Å². The normalized spacial score (nSPS) is 12.3. The summed E-state index contributed by atoms with van der Waals surface area (Å²) in [4.78, 5) is 16.4. The van der Waals surface area contributed by atoms with Crippen LogP contribution in [0.4, 0.5) is 6.01 Å². The molecular formula is C17H16N2O2. The fraction of sp³-hybridized carbons (Fsp3) is 0.176. The molecule has 0 bridgehead atoms. The molecule has 0 spiro atoms. The van der Waals surface area contributed by atoms with Gasteiger partial charge in [0.05, 0.1) is 16.9 Å². The molecule has 2 aromatic carbocycles. The van der Waals surface area contributed by atoms with Gasteiger partial charge in [0.2, 0.25) is 0 Å². The van der Waals surface area contributed by atoms with Gasteiger partial charge in [-0.2, -0.15) is 4.98 Å². The lowest BCUT2D eigenvalue weighted by Crippen LogP contribution is -2.11. The van der Waals surface area contributed by atoms with Crippen molar-refractivity contribution in [3.63, 3.8) is 0 Å². The molecule has 0 aliphatic heterocycles. The lowest BCUT2D eigenvalue weighted by molar-refractivity contribution is 0.510. The van der Waals surface area contributed by atoms with Gasteiger partial charge in [-0.25, -0.2) is 4.79 Å². The summed E-state index contributed by atoms with van der Waals surface area (Å²) in [5.74, 6) is 0. The van der Waals surface area contributed by atoms with E-state index in [0.717, 1.165) is 11.1 Å². The number of hydrogen-bond donors (Lipinski definition) is 1. The number of nitrogens with one attached hydrogen (secondary N) is 1. The van der Waals surface area contributed by atoms with E-state index in [9.17, 15) is 4.79 Å². The van der Waals surface area contributed by atoms with Gasteiger partial charge in [0, 0.05) is 0 Å². The van der Waals surface area contributed by atoms with E-state index in [1.54, 1.807) is 6.07 Å². The van der Waals surface area contributed by atoms with E-state index in [-0.39, 0.29) is 17.7 Å². The molecule has 3 aromatic rings. The minimum Gasteiger partial charge on any atom is -0.389 e. The number of hydrogen-bond acceptors (Lipinski definition) is 4. The van der Waals surface area contributed by atoms with Crippen molar-refractivity contribution in [3.8, 4) is 0 Å². The molecule has 0 aliphatic rings. The van der Waals surface area contributed by atoms with Crippen LogP contribution in [0.1, 0.15) is 24.1 Å². The standard InChI is InChI=1S/C17H16N2O2/c1-11-8-9-15-14(10-11)16(20)21-17(19-15)18-12(2)13-6-4-3-5-7-13/h3-10,12H,1-2H3,(H,18,19)/t12-/m0/s1. The van der Waals surface area contributed by atoms with Gasteiger partial charge in [0.1, 0.15) is 0 Å². The molecule has 4 nitrogen and oxygen atoms in total. The van der Waals surface area contributed by atoms with Gasteiger partial charge in [0.15, 0.2) is 0 Å². The van der Waals surface area contributed by atoms with Crippen LogP contribution in [0.15, 0.2) is 57.7 Å². The first kappa shape index (κ1) is 13.4. The number of rotatable bonds is 3. The summed E-state index contributed by atoms with van der Waals surface area (Å²) in [6.45, 7) is 3.93. The van der Waals surface area contributed by atoms with Crippen LogP contribution in [-0.2, 0) is 0 Å². The highest BCUT2D eigenvalue weighted by Crippen LogP contribution is 2.18. The molecule has 21 heavy (non-hydrogen) atoms. The van der Waals surface area contributed by atoms with E-state index in [0.29, 0.717) is 10.9 Å². The minimum atomic E-state index is -0.369. The summed E-state index contributed by atoms with van der Waals surface area (Å²) in [7, 11) is 0. The van der Waals surface area contributed by atoms with Crippen molar-refractivity contribution < 1.29 is 4.42 Å². The van der Waals surface area contributed by atoms with Crippen molar-refractivity contribution in [2.45, 2.75) is 19.9 Å². The summed E-state index contributed by atoms with van der Waals surface area (Å²) < 4.78 is 5.26. The molecule has 0 saturated carbocycles. The summed E-state index contributed by atoms with van der Waals surface area (Å²) >= 11 is 0. The molecule has 1 N–H and O–H groups in total. The smallest absolute Gasteiger partial charge is 0.348 e. The zero-order chi connectivity index (χ0) is 14.8. The Kier molecular flexibility index (Phi) is 3.44. The maximum Gasteiger partial charge on any atom is 0.348 e. The molecule has 1 heterocycles. The third kappa shape index (κ3) is 2.79. The van der Waals surface area contributed by atoms with Crippen LogP contribution < -0.4 is 10.9 Å². The molecule has 0 aliphatic carbocycles. The number of anilines is 1. The first-order chi connectivity index (χ1) is 10.1. The number of fused-ring (bicyclic) bond motifs is 1. The Bertz CT molecular complexity index is 825. The lowest BCUT2D eigenvalue weighted by atomic mass is 10.1. The van der Waals surface area contributed by atoms with E-state index < -0.39 is 0 Å². The van der Waals surface area contributed by atoms with E-state index in [2.05, 4.69) is 10.3 Å². The van der Waals surface area contributed by atoms with E-state index in [4.69, 9.17) is 4.42 Å².